The largest absolute Gasteiger partial charge is 0.445 e. The van der Waals surface area contributed by atoms with Crippen LogP contribution in [-0.2, 0) is 27.4 Å². The van der Waals surface area contributed by atoms with Crippen molar-refractivity contribution in [1.29, 1.82) is 0 Å². The van der Waals surface area contributed by atoms with Crippen LogP contribution in [0.15, 0.2) is 60.7 Å². The number of benzene rings is 2. The average molecular weight is 413 g/mol. The molecule has 0 saturated heterocycles. The second kappa shape index (κ2) is 12.2. The number of nitrogens with one attached hydrogen (secondary N) is 2. The van der Waals surface area contributed by atoms with Crippen LogP contribution in [0.2, 0.25) is 0 Å². The lowest BCUT2D eigenvalue weighted by Gasteiger charge is -2.17. The van der Waals surface area contributed by atoms with Gasteiger partial charge in [-0.15, -0.1) is 0 Å². The van der Waals surface area contributed by atoms with E-state index in [-0.39, 0.29) is 19.6 Å². The van der Waals surface area contributed by atoms with E-state index in [1.807, 2.05) is 60.7 Å². The minimum Gasteiger partial charge on any atom is -0.445 e. The molecule has 2 rings (SSSR count). The van der Waals surface area contributed by atoms with Gasteiger partial charge in [-0.3, -0.25) is 9.59 Å². The number of aryl methyl sites for hydroxylation is 1. The van der Waals surface area contributed by atoms with Crippen molar-refractivity contribution in [3.8, 4) is 0 Å². The third-order valence-corrected chi connectivity index (χ3v) is 4.36. The van der Waals surface area contributed by atoms with Crippen LogP contribution in [0.5, 0.6) is 0 Å². The fourth-order valence-electron chi connectivity index (χ4n) is 2.76. The number of hydrogen-bond acceptors (Lipinski definition) is 5. The van der Waals surface area contributed by atoms with Crippen LogP contribution in [0.3, 0.4) is 0 Å². The molecule has 0 unspecified atom stereocenters. The number of aliphatic hydroxyl groups is 1. The van der Waals surface area contributed by atoms with Crippen molar-refractivity contribution in [2.75, 3.05) is 6.54 Å². The molecule has 2 aromatic rings. The Balaban J connectivity index is 1.68. The highest BCUT2D eigenvalue weighted by molar-refractivity contribution is 5.86. The van der Waals surface area contributed by atoms with Crippen molar-refractivity contribution in [2.45, 2.75) is 38.0 Å². The number of rotatable bonds is 11. The van der Waals surface area contributed by atoms with E-state index in [2.05, 4.69) is 10.6 Å². The van der Waals surface area contributed by atoms with E-state index in [0.29, 0.717) is 12.8 Å². The molecular weight excluding hydrogens is 386 g/mol. The lowest BCUT2D eigenvalue weighted by atomic mass is 10.0. The van der Waals surface area contributed by atoms with E-state index in [1.54, 1.807) is 0 Å². The Hall–Kier alpha value is -3.39. The van der Waals surface area contributed by atoms with Gasteiger partial charge >= 0.3 is 6.09 Å². The fraction of sp³-hybridized carbons (Fsp3) is 0.318. The summed E-state index contributed by atoms with van der Waals surface area (Å²) in [6.45, 7) is -0.0583. The first kappa shape index (κ1) is 22.9. The molecule has 30 heavy (non-hydrogen) atoms. The number of amides is 3. The summed E-state index contributed by atoms with van der Waals surface area (Å²) in [5, 5.41) is 14.9. The molecule has 8 nitrogen and oxygen atoms in total. The zero-order valence-electron chi connectivity index (χ0n) is 16.6. The van der Waals surface area contributed by atoms with Gasteiger partial charge in [-0.1, -0.05) is 60.7 Å². The highest BCUT2D eigenvalue weighted by Gasteiger charge is 2.20. The van der Waals surface area contributed by atoms with Gasteiger partial charge in [0.2, 0.25) is 11.8 Å². The lowest BCUT2D eigenvalue weighted by Crippen LogP contribution is -2.46. The van der Waals surface area contributed by atoms with E-state index < -0.39 is 30.1 Å². The summed E-state index contributed by atoms with van der Waals surface area (Å²) < 4.78 is 5.03. The molecular formula is C22H27N3O5. The maximum absolute atomic E-state index is 12.1. The predicted molar refractivity (Wildman–Crippen MR) is 111 cm³/mol. The Labute approximate surface area is 175 Å². The van der Waals surface area contributed by atoms with Crippen LogP contribution < -0.4 is 16.4 Å². The van der Waals surface area contributed by atoms with Crippen LogP contribution >= 0.6 is 0 Å². The van der Waals surface area contributed by atoms with E-state index >= 15 is 0 Å². The van der Waals surface area contributed by atoms with Gasteiger partial charge in [0.15, 0.2) is 0 Å². The number of primary amides is 1. The summed E-state index contributed by atoms with van der Waals surface area (Å²) in [4.78, 5) is 35.4. The van der Waals surface area contributed by atoms with Crippen molar-refractivity contribution in [1.82, 2.24) is 10.6 Å². The van der Waals surface area contributed by atoms with Gasteiger partial charge in [0, 0.05) is 6.54 Å². The van der Waals surface area contributed by atoms with Gasteiger partial charge in [0.05, 0.1) is 12.5 Å². The van der Waals surface area contributed by atoms with Gasteiger partial charge < -0.3 is 26.2 Å². The molecule has 160 valence electrons. The van der Waals surface area contributed by atoms with Gasteiger partial charge in [0.1, 0.15) is 12.6 Å². The smallest absolute Gasteiger partial charge is 0.407 e. The summed E-state index contributed by atoms with van der Waals surface area (Å²) in [6, 6.07) is 17.8. The van der Waals surface area contributed by atoms with Crippen LogP contribution in [0, 0.1) is 0 Å². The second-order valence-electron chi connectivity index (χ2n) is 6.85. The molecule has 8 heteroatoms. The first-order valence-electron chi connectivity index (χ1n) is 9.69. The molecule has 2 aromatic carbocycles. The molecule has 0 aromatic heterocycles. The van der Waals surface area contributed by atoms with Crippen LogP contribution in [0.4, 0.5) is 4.79 Å². The predicted octanol–water partition coefficient (Wildman–Crippen LogP) is 1.27. The maximum atomic E-state index is 12.1. The maximum Gasteiger partial charge on any atom is 0.407 e. The molecule has 0 saturated carbocycles. The van der Waals surface area contributed by atoms with Crippen molar-refractivity contribution < 1.29 is 24.2 Å². The normalized spacial score (nSPS) is 12.4. The third-order valence-electron chi connectivity index (χ3n) is 4.36. The SMILES string of the molecule is NC(=O)[C@H](CCc1ccccc1)NC(=O)C[C@@H](O)CNC(=O)OCc1ccccc1. The lowest BCUT2D eigenvalue weighted by molar-refractivity contribution is -0.128. The Morgan fingerprint density at radius 2 is 1.57 bits per heavy atom. The first-order chi connectivity index (χ1) is 14.4. The Bertz CT molecular complexity index is 814. The number of ether oxygens (including phenoxy) is 1. The second-order valence-corrected chi connectivity index (χ2v) is 6.85. The molecule has 0 bridgehead atoms. The van der Waals surface area contributed by atoms with Crippen molar-refractivity contribution in [3.63, 3.8) is 0 Å². The average Bonchev–Trinajstić information content (AvgIpc) is 2.75. The standard InChI is InChI=1S/C22H27N3O5/c23-21(28)19(12-11-16-7-3-1-4-8-16)25-20(27)13-18(26)14-24-22(29)30-15-17-9-5-2-6-10-17/h1-10,18-19,26H,11-15H2,(H2,23,28)(H,24,29)(H,25,27)/t18-,19+/m1/s1. The molecule has 0 aliphatic carbocycles. The summed E-state index contributed by atoms with van der Waals surface area (Å²) >= 11 is 0. The van der Waals surface area contributed by atoms with Crippen molar-refractivity contribution in [3.05, 3.63) is 71.8 Å². The van der Waals surface area contributed by atoms with Gasteiger partial charge in [-0.2, -0.15) is 0 Å². The molecule has 5 N–H and O–H groups in total. The fourth-order valence-corrected chi connectivity index (χ4v) is 2.76. The number of hydrogen-bond donors (Lipinski definition) is 4. The van der Waals surface area contributed by atoms with Crippen LogP contribution in [0.25, 0.3) is 0 Å². The summed E-state index contributed by atoms with van der Waals surface area (Å²) in [5.74, 6) is -1.17. The number of nitrogens with two attached hydrogens (primary N) is 1. The highest BCUT2D eigenvalue weighted by atomic mass is 16.5. The Kier molecular flexibility index (Phi) is 9.33. The van der Waals surface area contributed by atoms with E-state index in [0.717, 1.165) is 11.1 Å². The Morgan fingerprint density at radius 3 is 2.17 bits per heavy atom. The van der Waals surface area contributed by atoms with Gasteiger partial charge in [-0.05, 0) is 24.0 Å². The molecule has 0 aliphatic heterocycles. The summed E-state index contributed by atoms with van der Waals surface area (Å²) in [7, 11) is 0. The topological polar surface area (TPSA) is 131 Å². The van der Waals surface area contributed by atoms with Crippen molar-refractivity contribution >= 4 is 17.9 Å². The molecule has 0 aliphatic rings. The summed E-state index contributed by atoms with van der Waals surface area (Å²) in [6.07, 6.45) is -1.18. The highest BCUT2D eigenvalue weighted by Crippen LogP contribution is 2.06. The van der Waals surface area contributed by atoms with Gasteiger partial charge in [-0.25, -0.2) is 4.79 Å². The Morgan fingerprint density at radius 1 is 0.967 bits per heavy atom. The minimum absolute atomic E-state index is 0.102. The zero-order chi connectivity index (χ0) is 21.8. The molecule has 0 spiro atoms. The molecule has 2 atom stereocenters. The van der Waals surface area contributed by atoms with Crippen LogP contribution in [-0.4, -0.2) is 41.7 Å². The first-order valence-corrected chi connectivity index (χ1v) is 9.69. The molecule has 0 radical (unpaired) electrons. The number of carbonyl (C=O) groups excluding carboxylic acids is 3. The van der Waals surface area contributed by atoms with E-state index in [1.165, 1.54) is 0 Å². The molecule has 3 amide bonds. The van der Waals surface area contributed by atoms with Gasteiger partial charge in [0.25, 0.3) is 0 Å². The van der Waals surface area contributed by atoms with E-state index in [4.69, 9.17) is 10.5 Å². The number of alkyl carbamates (subject to hydrolysis) is 1. The van der Waals surface area contributed by atoms with Crippen LogP contribution in [0.1, 0.15) is 24.0 Å². The number of carbonyl (C=O) groups is 3. The monoisotopic (exact) mass is 413 g/mol. The number of aliphatic hydroxyl groups excluding tert-OH is 1. The molecule has 0 fully saturated rings. The quantitative estimate of drug-likeness (QED) is 0.441. The van der Waals surface area contributed by atoms with Crippen molar-refractivity contribution in [2.24, 2.45) is 5.73 Å². The summed E-state index contributed by atoms with van der Waals surface area (Å²) in [5.41, 5.74) is 7.23. The molecule has 0 heterocycles. The van der Waals surface area contributed by atoms with E-state index in [9.17, 15) is 19.5 Å². The minimum atomic E-state index is -1.13. The zero-order valence-corrected chi connectivity index (χ0v) is 16.6. The third kappa shape index (κ3) is 8.74.